The Morgan fingerprint density at radius 3 is 1.05 bits per heavy atom. The minimum absolute atomic E-state index is 0.903. The molecule has 0 radical (unpaired) electrons. The lowest BCUT2D eigenvalue weighted by Gasteiger charge is -2.29. The number of hydrogen-bond acceptors (Lipinski definition) is 3. The van der Waals surface area contributed by atoms with Crippen molar-refractivity contribution in [1.29, 1.82) is 0 Å². The number of hydrogen-bond donors (Lipinski definition) is 1. The number of halogens is 16. The maximum atomic E-state index is 15.4. The highest BCUT2D eigenvalue weighted by molar-refractivity contribution is 6.16. The van der Waals surface area contributed by atoms with E-state index in [2.05, 4.69) is 5.10 Å². The van der Waals surface area contributed by atoms with E-state index in [0.29, 0.717) is 0 Å². The number of nitrogens with zero attached hydrogens (tertiary/aromatic N) is 2. The standard InChI is InChI=1S/C21HF16N3/c22-3-1(4(23)8(27)11(30)7(3)26)19-18(37)20(2-5(24)9(28)12(31)10(29)6(2)25)39-40(38-19)21-16(35)14(33)13(32)15(34)17(21)36/h38H. The molecule has 0 spiro atoms. The first kappa shape index (κ1) is 28.6. The van der Waals surface area contributed by atoms with Crippen molar-refractivity contribution in [2.75, 3.05) is 5.12 Å². The Bertz CT molecular complexity index is 1610. The first-order chi connectivity index (χ1) is 18.5. The van der Waals surface area contributed by atoms with Gasteiger partial charge in [0.15, 0.2) is 81.3 Å². The molecule has 0 atom stereocenters. The molecule has 0 saturated heterocycles. The van der Waals surface area contributed by atoms with Crippen LogP contribution in [0.5, 0.6) is 0 Å². The molecule has 0 saturated carbocycles. The third kappa shape index (κ3) is 3.89. The molecule has 212 valence electrons. The van der Waals surface area contributed by atoms with Gasteiger partial charge in [-0.2, -0.15) is 5.12 Å². The second-order valence-corrected chi connectivity index (χ2v) is 7.37. The Balaban J connectivity index is 2.16. The summed E-state index contributed by atoms with van der Waals surface area (Å²) in [6.45, 7) is 0. The van der Waals surface area contributed by atoms with Gasteiger partial charge in [-0.1, -0.05) is 0 Å². The van der Waals surface area contributed by atoms with Crippen molar-refractivity contribution in [2.45, 2.75) is 0 Å². The lowest BCUT2D eigenvalue weighted by atomic mass is 10.0. The van der Waals surface area contributed by atoms with Crippen LogP contribution in [-0.4, -0.2) is 5.71 Å². The minimum atomic E-state index is -2.90. The molecule has 0 aromatic heterocycles. The normalized spacial score (nSPS) is 13.7. The first-order valence-corrected chi connectivity index (χ1v) is 9.64. The summed E-state index contributed by atoms with van der Waals surface area (Å²) in [5.41, 5.74) is -10.7. The van der Waals surface area contributed by atoms with Gasteiger partial charge in [0.25, 0.3) is 0 Å². The number of nitrogens with one attached hydrogen (secondary N) is 1. The summed E-state index contributed by atoms with van der Waals surface area (Å²) in [7, 11) is 0. The number of anilines is 1. The fourth-order valence-electron chi connectivity index (χ4n) is 3.29. The molecule has 4 rings (SSSR count). The average Bonchev–Trinajstić information content (AvgIpc) is 2.92. The topological polar surface area (TPSA) is 27.6 Å². The average molecular weight is 599 g/mol. The van der Waals surface area contributed by atoms with E-state index in [4.69, 9.17) is 0 Å². The van der Waals surface area contributed by atoms with Crippen LogP contribution in [0.4, 0.5) is 75.9 Å². The molecule has 40 heavy (non-hydrogen) atoms. The van der Waals surface area contributed by atoms with Crippen molar-refractivity contribution >= 4 is 17.1 Å². The second kappa shape index (κ2) is 9.63. The largest absolute Gasteiger partial charge is 0.274 e. The van der Waals surface area contributed by atoms with Crippen molar-refractivity contribution in [3.63, 3.8) is 0 Å². The van der Waals surface area contributed by atoms with Crippen molar-refractivity contribution in [1.82, 2.24) is 5.43 Å². The Hall–Kier alpha value is -4.45. The van der Waals surface area contributed by atoms with Gasteiger partial charge >= 0.3 is 0 Å². The van der Waals surface area contributed by atoms with E-state index < -0.39 is 126 Å². The Kier molecular flexibility index (Phi) is 6.87. The number of hydrazone groups is 1. The Morgan fingerprint density at radius 1 is 0.375 bits per heavy atom. The number of benzene rings is 3. The van der Waals surface area contributed by atoms with Gasteiger partial charge in [-0.15, -0.1) is 5.10 Å². The van der Waals surface area contributed by atoms with Crippen LogP contribution in [0.1, 0.15) is 11.1 Å². The predicted molar refractivity (Wildman–Crippen MR) is 98.9 cm³/mol. The van der Waals surface area contributed by atoms with Crippen molar-refractivity contribution < 1.29 is 70.2 Å². The molecule has 0 aliphatic carbocycles. The SMILES string of the molecule is FC1=C(c2c(F)c(F)c(F)c(F)c2F)NN(c2c(F)c(F)c(F)c(F)c2F)N=C1c1c(F)c(F)c(F)c(F)c1F. The molecular weight excluding hydrogens is 598 g/mol. The lowest BCUT2D eigenvalue weighted by molar-refractivity contribution is 0.373. The zero-order chi connectivity index (χ0) is 30.1. The van der Waals surface area contributed by atoms with Gasteiger partial charge in [0.2, 0.25) is 17.5 Å². The zero-order valence-corrected chi connectivity index (χ0v) is 17.9. The lowest BCUT2D eigenvalue weighted by Crippen LogP contribution is -2.41. The Morgan fingerprint density at radius 2 is 0.675 bits per heavy atom. The van der Waals surface area contributed by atoms with Gasteiger partial charge in [-0.3, -0.25) is 5.43 Å². The highest BCUT2D eigenvalue weighted by atomic mass is 19.2. The second-order valence-electron chi connectivity index (χ2n) is 7.37. The summed E-state index contributed by atoms with van der Waals surface area (Å²) >= 11 is 0. The van der Waals surface area contributed by atoms with Crippen molar-refractivity contribution in [2.24, 2.45) is 5.10 Å². The van der Waals surface area contributed by atoms with E-state index in [0.717, 1.165) is 5.43 Å². The minimum Gasteiger partial charge on any atom is -0.274 e. The van der Waals surface area contributed by atoms with Crippen LogP contribution in [0.3, 0.4) is 0 Å². The van der Waals surface area contributed by atoms with E-state index in [9.17, 15) is 65.9 Å². The molecule has 1 aliphatic heterocycles. The molecule has 1 N–H and O–H groups in total. The first-order valence-electron chi connectivity index (χ1n) is 9.64. The highest BCUT2D eigenvalue weighted by Gasteiger charge is 2.40. The molecule has 3 nitrogen and oxygen atoms in total. The van der Waals surface area contributed by atoms with Crippen LogP contribution in [0.2, 0.25) is 0 Å². The van der Waals surface area contributed by atoms with Gasteiger partial charge in [-0.25, -0.2) is 70.2 Å². The molecule has 3 aromatic rings. The molecule has 3 aromatic carbocycles. The van der Waals surface area contributed by atoms with E-state index >= 15 is 4.39 Å². The molecule has 1 heterocycles. The summed E-state index contributed by atoms with van der Waals surface area (Å²) < 4.78 is 225. The van der Waals surface area contributed by atoms with Crippen LogP contribution < -0.4 is 10.5 Å². The summed E-state index contributed by atoms with van der Waals surface area (Å²) in [5.74, 6) is -45.6. The molecule has 0 bridgehead atoms. The third-order valence-corrected chi connectivity index (χ3v) is 5.15. The van der Waals surface area contributed by atoms with Crippen LogP contribution in [-0.2, 0) is 0 Å². The fourth-order valence-corrected chi connectivity index (χ4v) is 3.29. The van der Waals surface area contributed by atoms with Gasteiger partial charge in [-0.05, 0) is 0 Å². The zero-order valence-electron chi connectivity index (χ0n) is 17.9. The molecule has 0 unspecified atom stereocenters. The van der Waals surface area contributed by atoms with Gasteiger partial charge in [0.1, 0.15) is 11.4 Å². The van der Waals surface area contributed by atoms with Crippen molar-refractivity contribution in [3.8, 4) is 0 Å². The van der Waals surface area contributed by atoms with Gasteiger partial charge < -0.3 is 0 Å². The van der Waals surface area contributed by atoms with E-state index in [1.807, 2.05) is 0 Å². The third-order valence-electron chi connectivity index (χ3n) is 5.15. The summed E-state index contributed by atoms with van der Waals surface area (Å²) in [4.78, 5) is 0. The molecule has 1 aliphatic rings. The molecule has 0 amide bonds. The summed E-state index contributed by atoms with van der Waals surface area (Å²) in [5, 5.41) is 1.79. The van der Waals surface area contributed by atoms with Gasteiger partial charge in [0, 0.05) is 0 Å². The van der Waals surface area contributed by atoms with Crippen LogP contribution in [0.25, 0.3) is 5.70 Å². The van der Waals surface area contributed by atoms with E-state index in [-0.39, 0.29) is 0 Å². The van der Waals surface area contributed by atoms with E-state index in [1.165, 1.54) is 0 Å². The van der Waals surface area contributed by atoms with Gasteiger partial charge in [0.05, 0.1) is 11.1 Å². The monoisotopic (exact) mass is 599 g/mol. The quantitative estimate of drug-likeness (QED) is 0.203. The summed E-state index contributed by atoms with van der Waals surface area (Å²) in [6, 6.07) is 0. The molecule has 19 heteroatoms. The fraction of sp³-hybridized carbons (Fsp3) is 0. The smallest absolute Gasteiger partial charge is 0.200 e. The predicted octanol–water partition coefficient (Wildman–Crippen LogP) is 6.84. The number of rotatable bonds is 3. The van der Waals surface area contributed by atoms with E-state index in [1.54, 1.807) is 0 Å². The number of hydrazine groups is 1. The van der Waals surface area contributed by atoms with Crippen LogP contribution in [0.15, 0.2) is 10.9 Å². The highest BCUT2D eigenvalue weighted by Crippen LogP contribution is 2.38. The molecule has 0 fully saturated rings. The Labute approximate surface area is 208 Å². The molecular formula is C21HF16N3. The number of allylic oxidation sites excluding steroid dienone is 1. The van der Waals surface area contributed by atoms with Crippen LogP contribution in [0, 0.1) is 87.3 Å². The van der Waals surface area contributed by atoms with Crippen LogP contribution >= 0.6 is 0 Å². The maximum absolute atomic E-state index is 15.4. The van der Waals surface area contributed by atoms with Crippen molar-refractivity contribution in [3.05, 3.63) is 104 Å². The maximum Gasteiger partial charge on any atom is 0.200 e. The summed E-state index contributed by atoms with van der Waals surface area (Å²) in [6.07, 6.45) is 0.